The summed E-state index contributed by atoms with van der Waals surface area (Å²) in [4.78, 5) is 9.89. The molecule has 0 saturated heterocycles. The summed E-state index contributed by atoms with van der Waals surface area (Å²) in [6.07, 6.45) is 0. The number of carbonyl (C=O) groups excluding carboxylic acids is 1. The monoisotopic (exact) mass is 120 g/mol. The summed E-state index contributed by atoms with van der Waals surface area (Å²) in [7, 11) is 5.40. The maximum absolute atomic E-state index is 9.89. The topological polar surface area (TPSA) is 40.1 Å². The largest absolute Gasteiger partial charge is 0.544 e. The molecule has 3 heteroatoms. The minimum Gasteiger partial charge on any atom is -0.544 e. The van der Waals surface area contributed by atoms with Gasteiger partial charge in [-0.15, -0.1) is 0 Å². The number of carboxylic acids is 1. The van der Waals surface area contributed by atoms with Gasteiger partial charge in [-0.3, -0.25) is 0 Å². The first kappa shape index (κ1) is 7.43. The van der Waals surface area contributed by atoms with Gasteiger partial charge in [0.05, 0.1) is 27.1 Å². The van der Waals surface area contributed by atoms with Crippen LogP contribution < -0.4 is 5.11 Å². The van der Waals surface area contributed by atoms with E-state index in [0.29, 0.717) is 4.48 Å². The van der Waals surface area contributed by atoms with E-state index in [0.717, 1.165) is 0 Å². The molecule has 0 aromatic carbocycles. The highest BCUT2D eigenvalue weighted by molar-refractivity contribution is 5.65. The van der Waals surface area contributed by atoms with E-state index in [2.05, 4.69) is 0 Å². The van der Waals surface area contributed by atoms with E-state index >= 15 is 0 Å². The van der Waals surface area contributed by atoms with E-state index < -0.39 is 5.97 Å². The van der Waals surface area contributed by atoms with Crippen LogP contribution in [0.4, 0.5) is 0 Å². The molecule has 0 aliphatic rings. The molecule has 0 rings (SSSR count). The number of rotatable bonds is 2. The fraction of sp³-hybridized carbons (Fsp3) is 0.800. The summed E-state index contributed by atoms with van der Waals surface area (Å²) in [5, 5.41) is 9.89. The molecule has 0 radical (unpaired) electrons. The molecular weight excluding hydrogens is 109 g/mol. The van der Waals surface area contributed by atoms with Gasteiger partial charge >= 0.3 is 0 Å². The van der Waals surface area contributed by atoms with Crippen LogP contribution in [0.5, 0.6) is 0 Å². The van der Waals surface area contributed by atoms with E-state index in [1.807, 2.05) is 0 Å². The highest BCUT2D eigenvalue weighted by Crippen LogP contribution is 1.84. The van der Waals surface area contributed by atoms with E-state index in [9.17, 15) is 9.90 Å². The van der Waals surface area contributed by atoms with Crippen molar-refractivity contribution in [1.82, 2.24) is 0 Å². The van der Waals surface area contributed by atoms with Crippen LogP contribution in [0.3, 0.4) is 0 Å². The van der Waals surface area contributed by atoms with Crippen molar-refractivity contribution in [3.05, 3.63) is 0 Å². The Morgan fingerprint density at radius 1 is 1.50 bits per heavy atom. The molecule has 0 heterocycles. The minimum absolute atomic E-state index is 0.0694. The number of nitrogens with zero attached hydrogens (tertiary/aromatic N) is 1. The molecule has 0 fully saturated rings. The smallest absolute Gasteiger partial charge is 0.118 e. The van der Waals surface area contributed by atoms with Crippen LogP contribution >= 0.6 is 0 Å². The molecule has 0 aromatic heterocycles. The van der Waals surface area contributed by atoms with Crippen molar-refractivity contribution < 1.29 is 14.4 Å². The van der Waals surface area contributed by atoms with Gasteiger partial charge in [0.25, 0.3) is 0 Å². The van der Waals surface area contributed by atoms with Crippen molar-refractivity contribution in [1.29, 1.82) is 0 Å². The predicted molar refractivity (Wildman–Crippen MR) is 27.9 cm³/mol. The Hall–Kier alpha value is -0.570. The summed E-state index contributed by atoms with van der Waals surface area (Å²) in [5.41, 5.74) is 0. The van der Waals surface area contributed by atoms with E-state index in [1.54, 1.807) is 21.1 Å². The second-order valence-corrected chi connectivity index (χ2v) is 2.82. The number of hydrogen-bond acceptors (Lipinski definition) is 2. The molecule has 0 aromatic rings. The Kier molecular flexibility index (Phi) is 1.98. The van der Waals surface area contributed by atoms with Crippen molar-refractivity contribution in [2.45, 2.75) is 0 Å². The van der Waals surface area contributed by atoms with Gasteiger partial charge in [-0.2, -0.15) is 0 Å². The number of carboxylic acid groups (broad SMARTS) is 1. The van der Waals surface area contributed by atoms with Crippen molar-refractivity contribution >= 4 is 5.97 Å². The quantitative estimate of drug-likeness (QED) is 0.326. The summed E-state index contributed by atoms with van der Waals surface area (Å²) in [6.45, 7) is 0.0694. The zero-order chi connectivity index (χ0) is 6.78. The summed E-state index contributed by atoms with van der Waals surface area (Å²) in [6, 6.07) is 0. The molecule has 0 aliphatic heterocycles. The Labute approximate surface area is 49.1 Å². The number of carbonyl (C=O) groups is 1. The van der Waals surface area contributed by atoms with Gasteiger partial charge in [-0.1, -0.05) is 0 Å². The second kappa shape index (κ2) is 2.13. The van der Waals surface area contributed by atoms with Gasteiger partial charge < -0.3 is 14.4 Å². The molecule has 0 atom stereocenters. The van der Waals surface area contributed by atoms with Crippen molar-refractivity contribution in [2.75, 3.05) is 27.7 Å². The van der Waals surface area contributed by atoms with Crippen LogP contribution in [0.25, 0.3) is 0 Å². The van der Waals surface area contributed by atoms with Crippen LogP contribution in [0, 0.1) is 0 Å². The molecule has 8 heavy (non-hydrogen) atoms. The molecule has 48 valence electrons. The zero-order valence-corrected chi connectivity index (χ0v) is 5.47. The van der Waals surface area contributed by atoms with Gasteiger partial charge in [-0.05, 0) is 0 Å². The molecule has 0 aliphatic carbocycles. The fourth-order valence-electron chi connectivity index (χ4n) is 0.387. The third kappa shape index (κ3) is 5.43. The summed E-state index contributed by atoms with van der Waals surface area (Å²) >= 11 is 0. The van der Waals surface area contributed by atoms with E-state index in [1.165, 1.54) is 0 Å². The van der Waals surface area contributed by atoms with Crippen LogP contribution in [0.1, 0.15) is 0 Å². The third-order valence-electron chi connectivity index (χ3n) is 0.603. The lowest BCUT2D eigenvalue weighted by atomic mass is 10.6. The van der Waals surface area contributed by atoms with Crippen molar-refractivity contribution in [2.24, 2.45) is 0 Å². The average Bonchev–Trinajstić information content (AvgIpc) is 1.21. The van der Waals surface area contributed by atoms with Gasteiger partial charge in [0.2, 0.25) is 0 Å². The Morgan fingerprint density at radius 2 is 1.88 bits per heavy atom. The van der Waals surface area contributed by atoms with Gasteiger partial charge in [0, 0.05) is 0 Å². The van der Waals surface area contributed by atoms with Crippen LogP contribution in [0.2, 0.25) is 0 Å². The second-order valence-electron chi connectivity index (χ2n) is 2.82. The molecule has 0 unspecified atom stereocenters. The highest BCUT2D eigenvalue weighted by Gasteiger charge is 2.04. The maximum Gasteiger partial charge on any atom is 0.118 e. The van der Waals surface area contributed by atoms with Gasteiger partial charge in [0.1, 0.15) is 6.54 Å². The first-order valence-corrected chi connectivity index (χ1v) is 2.42. The number of likely N-dealkylation sites (N-methyl/N-ethyl adjacent to an activating group) is 1. The predicted octanol–water partition coefficient (Wildman–Crippen LogP) is -1.56. The SMILES string of the molecule is [13CH3][N+]([13CH3])([13CH3])CC(=O)[O-]. The summed E-state index contributed by atoms with van der Waals surface area (Å²) in [5.74, 6) is -1.00. The Bertz CT molecular complexity index is 93.1. The van der Waals surface area contributed by atoms with Gasteiger partial charge in [-0.25, -0.2) is 0 Å². The minimum atomic E-state index is -1.00. The molecule has 0 spiro atoms. The normalized spacial score (nSPS) is 11.4. The maximum atomic E-state index is 9.89. The first-order chi connectivity index (χ1) is 3.42. The number of hydrogen-bond donors (Lipinski definition) is 0. The van der Waals surface area contributed by atoms with Crippen molar-refractivity contribution in [3.63, 3.8) is 0 Å². The molecule has 0 saturated carbocycles. The Morgan fingerprint density at radius 3 is 1.88 bits per heavy atom. The van der Waals surface area contributed by atoms with Crippen LogP contribution in [-0.2, 0) is 4.79 Å². The van der Waals surface area contributed by atoms with Gasteiger partial charge in [0.15, 0.2) is 0 Å². The van der Waals surface area contributed by atoms with Crippen LogP contribution in [-0.4, -0.2) is 38.1 Å². The lowest BCUT2D eigenvalue weighted by molar-refractivity contribution is -0.864. The standard InChI is InChI=1S/C5H11NO2/c1-6(2,3)4-5(7)8/h4H2,1-3H3/i1+1,2+1,3+1. The molecule has 3 nitrogen and oxygen atoms in total. The molecular formula is C5H11NO2. The number of aliphatic carboxylic acids is 1. The van der Waals surface area contributed by atoms with Crippen molar-refractivity contribution in [3.8, 4) is 0 Å². The number of quaternary nitrogens is 1. The molecule has 0 N–H and O–H groups in total. The molecule has 0 amide bonds. The Balaban J connectivity index is 3.55. The van der Waals surface area contributed by atoms with Crippen LogP contribution in [0.15, 0.2) is 0 Å². The molecule has 0 bridgehead atoms. The third-order valence-corrected chi connectivity index (χ3v) is 0.603. The van der Waals surface area contributed by atoms with E-state index in [4.69, 9.17) is 0 Å². The fourth-order valence-corrected chi connectivity index (χ4v) is 0.387. The average molecular weight is 120 g/mol. The zero-order valence-electron chi connectivity index (χ0n) is 5.47. The highest BCUT2D eigenvalue weighted by atomic mass is 16.4. The summed E-state index contributed by atoms with van der Waals surface area (Å²) < 4.78 is 0.419. The first-order valence-electron chi connectivity index (χ1n) is 2.42. The van der Waals surface area contributed by atoms with E-state index in [-0.39, 0.29) is 6.54 Å². The lowest BCUT2D eigenvalue weighted by Gasteiger charge is -2.23. The lowest BCUT2D eigenvalue weighted by Crippen LogP contribution is -2.45.